The third-order valence-corrected chi connectivity index (χ3v) is 5.93. The lowest BCUT2D eigenvalue weighted by molar-refractivity contribution is -0.946. The Labute approximate surface area is 182 Å². The van der Waals surface area contributed by atoms with Crippen molar-refractivity contribution >= 4 is 10.9 Å². The van der Waals surface area contributed by atoms with Gasteiger partial charge in [0.1, 0.15) is 19.1 Å². The molecule has 0 fully saturated rings. The van der Waals surface area contributed by atoms with Crippen LogP contribution in [0.3, 0.4) is 0 Å². The number of tetrazole rings is 1. The number of aliphatic hydroxyl groups excluding tert-OH is 1. The van der Waals surface area contributed by atoms with Crippen molar-refractivity contribution in [1.82, 2.24) is 25.2 Å². The predicted octanol–water partition coefficient (Wildman–Crippen LogP) is 0.696. The fourth-order valence-corrected chi connectivity index (χ4v) is 4.08. The molecule has 0 amide bonds. The molecular weight excluding hydrogens is 396 g/mol. The number of rotatable bonds is 11. The Morgan fingerprint density at radius 1 is 1.32 bits per heavy atom. The number of H-pyrrole nitrogens is 1. The monoisotopic (exact) mass is 429 g/mol. The van der Waals surface area contributed by atoms with E-state index in [1.54, 1.807) is 11.8 Å². The van der Waals surface area contributed by atoms with Crippen LogP contribution in [0, 0.1) is 13.8 Å². The van der Waals surface area contributed by atoms with Crippen LogP contribution in [0.15, 0.2) is 23.0 Å². The minimum absolute atomic E-state index is 0.0129. The van der Waals surface area contributed by atoms with E-state index in [0.717, 1.165) is 45.6 Å². The molecule has 0 aliphatic rings. The van der Waals surface area contributed by atoms with Gasteiger partial charge < -0.3 is 19.7 Å². The van der Waals surface area contributed by atoms with E-state index >= 15 is 0 Å². The van der Waals surface area contributed by atoms with Crippen LogP contribution in [-0.2, 0) is 17.8 Å². The van der Waals surface area contributed by atoms with Crippen LogP contribution in [0.4, 0.5) is 0 Å². The average molecular weight is 430 g/mol. The fraction of sp³-hybridized carbons (Fsp3) is 0.545. The topological polar surface area (TPSA) is 110 Å². The second kappa shape index (κ2) is 10.6. The number of nitrogens with zero attached hydrogens (tertiary/aromatic N) is 4. The zero-order valence-corrected chi connectivity index (χ0v) is 18.8. The van der Waals surface area contributed by atoms with E-state index < -0.39 is 0 Å². The van der Waals surface area contributed by atoms with Gasteiger partial charge in [0, 0.05) is 13.5 Å². The molecular formula is C22H33N6O3+. The maximum atomic E-state index is 12.9. The third kappa shape index (κ3) is 5.17. The van der Waals surface area contributed by atoms with E-state index in [0.29, 0.717) is 31.8 Å². The SMILES string of the molecule is CCC[C@H](c1nnnn1CCOC)[NH+](CCO)Cc1cc2ccc(C)c(C)c2[nH]c1=O. The first-order valence-electron chi connectivity index (χ1n) is 10.8. The summed E-state index contributed by atoms with van der Waals surface area (Å²) >= 11 is 0. The summed E-state index contributed by atoms with van der Waals surface area (Å²) in [6.45, 7) is 8.22. The fourth-order valence-electron chi connectivity index (χ4n) is 4.08. The molecule has 2 aromatic heterocycles. The molecule has 0 bridgehead atoms. The summed E-state index contributed by atoms with van der Waals surface area (Å²) in [7, 11) is 1.64. The van der Waals surface area contributed by atoms with Crippen molar-refractivity contribution in [1.29, 1.82) is 0 Å². The van der Waals surface area contributed by atoms with Gasteiger partial charge in [0.15, 0.2) is 0 Å². The summed E-state index contributed by atoms with van der Waals surface area (Å²) in [5.41, 5.74) is 3.71. The molecule has 0 radical (unpaired) electrons. The molecule has 9 heteroatoms. The van der Waals surface area contributed by atoms with Gasteiger partial charge in [0.25, 0.3) is 5.56 Å². The molecule has 3 aromatic rings. The Morgan fingerprint density at radius 2 is 2.13 bits per heavy atom. The van der Waals surface area contributed by atoms with Gasteiger partial charge in [-0.25, -0.2) is 4.68 Å². The quantitative estimate of drug-likeness (QED) is 0.414. The van der Waals surface area contributed by atoms with Crippen LogP contribution in [-0.4, -0.2) is 57.2 Å². The normalized spacial score (nSPS) is 13.6. The van der Waals surface area contributed by atoms with Crippen LogP contribution in [0.5, 0.6) is 0 Å². The van der Waals surface area contributed by atoms with Gasteiger partial charge in [-0.2, -0.15) is 0 Å². The third-order valence-electron chi connectivity index (χ3n) is 5.93. The number of ether oxygens (including phenoxy) is 1. The van der Waals surface area contributed by atoms with Crippen molar-refractivity contribution < 1.29 is 14.7 Å². The minimum atomic E-state index is -0.0918. The van der Waals surface area contributed by atoms with Gasteiger partial charge in [-0.15, -0.1) is 5.10 Å². The number of aromatic nitrogens is 5. The number of aliphatic hydroxyl groups is 1. The standard InChI is InChI=1S/C22H32N6O3/c1-5-6-19(21-24-25-26-28(21)10-12-31-4)27(9-11-29)14-18-13-17-8-7-15(2)16(3)20(17)23-22(18)30/h7-8,13,19,29H,5-6,9-12,14H2,1-4H3,(H,23,30)/p+1/t19-/m1/s1. The summed E-state index contributed by atoms with van der Waals surface area (Å²) in [4.78, 5) is 17.0. The summed E-state index contributed by atoms with van der Waals surface area (Å²) in [6, 6.07) is 6.04. The molecule has 3 rings (SSSR count). The molecule has 31 heavy (non-hydrogen) atoms. The maximum absolute atomic E-state index is 12.9. The molecule has 2 atom stereocenters. The van der Waals surface area contributed by atoms with Gasteiger partial charge in [-0.05, 0) is 46.9 Å². The number of hydrogen-bond acceptors (Lipinski definition) is 6. The van der Waals surface area contributed by atoms with E-state index in [-0.39, 0.29) is 18.2 Å². The van der Waals surface area contributed by atoms with Crippen LogP contribution in [0.2, 0.25) is 0 Å². The Bertz CT molecular complexity index is 1060. The van der Waals surface area contributed by atoms with Crippen molar-refractivity contribution in [2.75, 3.05) is 26.9 Å². The highest BCUT2D eigenvalue weighted by atomic mass is 16.5. The van der Waals surface area contributed by atoms with Crippen LogP contribution >= 0.6 is 0 Å². The van der Waals surface area contributed by atoms with Crippen LogP contribution in [0.25, 0.3) is 10.9 Å². The number of benzene rings is 1. The van der Waals surface area contributed by atoms with Gasteiger partial charge in [-0.3, -0.25) is 4.79 Å². The number of hydrogen-bond donors (Lipinski definition) is 3. The lowest BCUT2D eigenvalue weighted by atomic mass is 10.0. The van der Waals surface area contributed by atoms with E-state index in [9.17, 15) is 9.90 Å². The zero-order valence-electron chi connectivity index (χ0n) is 18.8. The highest BCUT2D eigenvalue weighted by molar-refractivity contribution is 5.83. The molecule has 3 N–H and O–H groups in total. The molecule has 168 valence electrons. The van der Waals surface area contributed by atoms with Gasteiger partial charge >= 0.3 is 0 Å². The van der Waals surface area contributed by atoms with Crippen molar-refractivity contribution in [3.63, 3.8) is 0 Å². The van der Waals surface area contributed by atoms with Gasteiger partial charge in [-0.1, -0.05) is 25.5 Å². The van der Waals surface area contributed by atoms with E-state index in [2.05, 4.69) is 33.5 Å². The van der Waals surface area contributed by atoms with Gasteiger partial charge in [0.05, 0.1) is 30.8 Å². The molecule has 2 heterocycles. The number of aryl methyl sites for hydroxylation is 2. The Kier molecular flexibility index (Phi) is 7.89. The van der Waals surface area contributed by atoms with Crippen molar-refractivity contribution in [2.24, 2.45) is 0 Å². The Hall–Kier alpha value is -2.62. The lowest BCUT2D eigenvalue weighted by Crippen LogP contribution is -3.11. The lowest BCUT2D eigenvalue weighted by Gasteiger charge is -2.27. The number of aromatic amines is 1. The molecule has 0 spiro atoms. The molecule has 0 saturated heterocycles. The van der Waals surface area contributed by atoms with Crippen molar-refractivity contribution in [3.05, 3.63) is 51.1 Å². The summed E-state index contributed by atoms with van der Waals surface area (Å²) < 4.78 is 6.94. The molecule has 0 aliphatic carbocycles. The first kappa shape index (κ1) is 23.1. The number of nitrogens with one attached hydrogen (secondary N) is 2. The van der Waals surface area contributed by atoms with Gasteiger partial charge in [0.2, 0.25) is 5.82 Å². The Morgan fingerprint density at radius 3 is 2.84 bits per heavy atom. The predicted molar refractivity (Wildman–Crippen MR) is 118 cm³/mol. The van der Waals surface area contributed by atoms with Crippen molar-refractivity contribution in [3.8, 4) is 0 Å². The second-order valence-corrected chi connectivity index (χ2v) is 8.00. The van der Waals surface area contributed by atoms with Crippen molar-refractivity contribution in [2.45, 2.75) is 52.7 Å². The smallest absolute Gasteiger partial charge is 0.257 e. The highest BCUT2D eigenvalue weighted by Gasteiger charge is 2.29. The Balaban J connectivity index is 1.97. The first-order chi connectivity index (χ1) is 15.0. The van der Waals surface area contributed by atoms with Crippen LogP contribution in [0.1, 0.15) is 48.3 Å². The number of pyridine rings is 1. The largest absolute Gasteiger partial charge is 0.391 e. The summed E-state index contributed by atoms with van der Waals surface area (Å²) in [5, 5.41) is 23.0. The van der Waals surface area contributed by atoms with Crippen LogP contribution < -0.4 is 10.5 Å². The van der Waals surface area contributed by atoms with E-state index in [4.69, 9.17) is 4.74 Å². The maximum Gasteiger partial charge on any atom is 0.257 e. The first-order valence-corrected chi connectivity index (χ1v) is 10.8. The highest BCUT2D eigenvalue weighted by Crippen LogP contribution is 2.19. The number of fused-ring (bicyclic) bond motifs is 1. The van der Waals surface area contributed by atoms with E-state index in [1.807, 2.05) is 26.0 Å². The number of quaternary nitrogens is 1. The summed E-state index contributed by atoms with van der Waals surface area (Å²) in [6.07, 6.45) is 1.77. The molecule has 0 aliphatic heterocycles. The molecule has 1 unspecified atom stereocenters. The summed E-state index contributed by atoms with van der Waals surface area (Å²) in [5.74, 6) is 0.756. The molecule has 1 aromatic carbocycles. The average Bonchev–Trinajstić information content (AvgIpc) is 3.22. The molecule has 9 nitrogen and oxygen atoms in total. The second-order valence-electron chi connectivity index (χ2n) is 8.00. The molecule has 0 saturated carbocycles. The van der Waals surface area contributed by atoms with E-state index in [1.165, 1.54) is 0 Å². The minimum Gasteiger partial charge on any atom is -0.391 e. The number of methoxy groups -OCH3 is 1. The zero-order chi connectivity index (χ0) is 22.4.